The summed E-state index contributed by atoms with van der Waals surface area (Å²) in [5, 5.41) is 21.0. The predicted octanol–water partition coefficient (Wildman–Crippen LogP) is 2.71. The van der Waals surface area contributed by atoms with Gasteiger partial charge in [0.15, 0.2) is 5.65 Å². The van der Waals surface area contributed by atoms with Crippen LogP contribution in [0.15, 0.2) is 30.3 Å². The highest BCUT2D eigenvalue weighted by Gasteiger charge is 2.31. The lowest BCUT2D eigenvalue weighted by molar-refractivity contribution is 0.0575. The molecule has 0 bridgehead atoms. The number of carbonyl (C=O) groups is 1. The van der Waals surface area contributed by atoms with E-state index in [4.69, 9.17) is 0 Å². The molecule has 1 amide bonds. The third kappa shape index (κ3) is 3.22. The van der Waals surface area contributed by atoms with E-state index in [0.29, 0.717) is 29.4 Å². The van der Waals surface area contributed by atoms with Crippen LogP contribution in [-0.2, 0) is 0 Å². The van der Waals surface area contributed by atoms with E-state index in [9.17, 15) is 9.90 Å². The van der Waals surface area contributed by atoms with Crippen molar-refractivity contribution in [1.82, 2.24) is 25.4 Å². The van der Waals surface area contributed by atoms with E-state index in [1.54, 1.807) is 24.3 Å². The van der Waals surface area contributed by atoms with Gasteiger partial charge in [0.25, 0.3) is 5.91 Å². The molecule has 0 aliphatic carbocycles. The number of H-pyrrole nitrogens is 1. The number of fused-ring (bicyclic) bond motifs is 1. The van der Waals surface area contributed by atoms with Crippen molar-refractivity contribution in [1.29, 1.82) is 0 Å². The highest BCUT2D eigenvalue weighted by atomic mass is 16.3. The highest BCUT2D eigenvalue weighted by molar-refractivity contribution is 6.07. The number of benzene rings is 1. The molecule has 1 unspecified atom stereocenters. The lowest BCUT2D eigenvalue weighted by Crippen LogP contribution is -2.55. The van der Waals surface area contributed by atoms with Crippen LogP contribution in [0.4, 0.5) is 0 Å². The van der Waals surface area contributed by atoms with Crippen LogP contribution in [0, 0.1) is 12.8 Å². The first-order valence-corrected chi connectivity index (χ1v) is 9.62. The Hall–Kier alpha value is -2.93. The monoisotopic (exact) mass is 379 g/mol. The van der Waals surface area contributed by atoms with Crippen molar-refractivity contribution in [2.24, 2.45) is 5.92 Å². The van der Waals surface area contributed by atoms with Crippen LogP contribution in [0.5, 0.6) is 5.75 Å². The molecule has 4 rings (SSSR count). The molecule has 7 nitrogen and oxygen atoms in total. The summed E-state index contributed by atoms with van der Waals surface area (Å²) in [5.74, 6) is 0.562. The van der Waals surface area contributed by atoms with Crippen LogP contribution >= 0.6 is 0 Å². The van der Waals surface area contributed by atoms with Crippen molar-refractivity contribution in [3.63, 3.8) is 0 Å². The molecule has 1 saturated heterocycles. The van der Waals surface area contributed by atoms with Crippen molar-refractivity contribution in [3.8, 4) is 17.0 Å². The Morgan fingerprint density at radius 2 is 2.04 bits per heavy atom. The van der Waals surface area contributed by atoms with E-state index in [-0.39, 0.29) is 17.7 Å². The fourth-order valence-electron chi connectivity index (χ4n) is 3.86. The lowest BCUT2D eigenvalue weighted by Gasteiger charge is -2.38. The summed E-state index contributed by atoms with van der Waals surface area (Å²) < 4.78 is 0. The molecule has 1 aromatic carbocycles. The first-order valence-electron chi connectivity index (χ1n) is 9.62. The van der Waals surface area contributed by atoms with Crippen LogP contribution in [0.1, 0.15) is 29.9 Å². The normalized spacial score (nSPS) is 17.4. The minimum atomic E-state index is 0.0112. The molecule has 1 fully saturated rings. The van der Waals surface area contributed by atoms with Gasteiger partial charge in [-0.15, -0.1) is 0 Å². The largest absolute Gasteiger partial charge is 0.508 e. The van der Waals surface area contributed by atoms with Gasteiger partial charge in [-0.05, 0) is 43.2 Å². The molecule has 7 heteroatoms. The molecule has 0 radical (unpaired) electrons. The number of aromatic nitrogens is 3. The smallest absolute Gasteiger partial charge is 0.255 e. The van der Waals surface area contributed by atoms with Gasteiger partial charge in [-0.1, -0.05) is 13.8 Å². The summed E-state index contributed by atoms with van der Waals surface area (Å²) >= 11 is 0. The average Bonchev–Trinajstić information content (AvgIpc) is 3.08. The van der Waals surface area contributed by atoms with Crippen molar-refractivity contribution in [2.75, 3.05) is 19.6 Å². The second-order valence-corrected chi connectivity index (χ2v) is 7.65. The Morgan fingerprint density at radius 1 is 1.29 bits per heavy atom. The topological polar surface area (TPSA) is 94.1 Å². The van der Waals surface area contributed by atoms with E-state index in [1.165, 1.54) is 0 Å². The molecule has 28 heavy (non-hydrogen) atoms. The number of aromatic amines is 1. The fraction of sp³-hybridized carbons (Fsp3) is 0.381. The standard InChI is InChI=1S/C21H25N5O2/c1-12(2)18-11-22-8-9-26(18)21(28)16-10-17(14-4-6-15(27)7-5-14)23-20-19(16)13(3)24-25-20/h4-7,10,12,18,22,27H,8-9,11H2,1-3H3,(H,23,24,25). The molecule has 3 N–H and O–H groups in total. The summed E-state index contributed by atoms with van der Waals surface area (Å²) in [5.41, 5.74) is 3.49. The van der Waals surface area contributed by atoms with Gasteiger partial charge in [0.05, 0.1) is 22.3 Å². The zero-order chi connectivity index (χ0) is 19.8. The number of rotatable bonds is 3. The molecular weight excluding hydrogens is 354 g/mol. The second kappa shape index (κ2) is 7.24. The zero-order valence-corrected chi connectivity index (χ0v) is 16.4. The van der Waals surface area contributed by atoms with E-state index in [2.05, 4.69) is 34.3 Å². The van der Waals surface area contributed by atoms with Crippen LogP contribution in [0.25, 0.3) is 22.3 Å². The third-order valence-electron chi connectivity index (χ3n) is 5.42. The number of carbonyl (C=O) groups excluding carboxylic acids is 1. The predicted molar refractivity (Wildman–Crippen MR) is 108 cm³/mol. The number of pyridine rings is 1. The number of phenols is 1. The third-order valence-corrected chi connectivity index (χ3v) is 5.42. The summed E-state index contributed by atoms with van der Waals surface area (Å²) in [4.78, 5) is 20.2. The van der Waals surface area contributed by atoms with Crippen molar-refractivity contribution in [3.05, 3.63) is 41.6 Å². The number of aryl methyl sites for hydroxylation is 1. The number of nitrogens with one attached hydrogen (secondary N) is 2. The van der Waals surface area contributed by atoms with Crippen molar-refractivity contribution < 1.29 is 9.90 Å². The SMILES string of the molecule is Cc1n[nH]c2nc(-c3ccc(O)cc3)cc(C(=O)N3CCNCC3C(C)C)c12. The van der Waals surface area contributed by atoms with E-state index < -0.39 is 0 Å². The molecule has 3 aromatic rings. The lowest BCUT2D eigenvalue weighted by atomic mass is 9.98. The van der Waals surface area contributed by atoms with Gasteiger partial charge in [-0.3, -0.25) is 9.89 Å². The minimum absolute atomic E-state index is 0.0112. The van der Waals surface area contributed by atoms with Gasteiger partial charge >= 0.3 is 0 Å². The summed E-state index contributed by atoms with van der Waals surface area (Å²) in [6.07, 6.45) is 0. The number of hydrogen-bond donors (Lipinski definition) is 3. The molecule has 146 valence electrons. The fourth-order valence-corrected chi connectivity index (χ4v) is 3.86. The van der Waals surface area contributed by atoms with Gasteiger partial charge in [0, 0.05) is 31.2 Å². The quantitative estimate of drug-likeness (QED) is 0.650. The Balaban J connectivity index is 1.83. The summed E-state index contributed by atoms with van der Waals surface area (Å²) in [6, 6.07) is 8.82. The molecule has 1 atom stereocenters. The summed E-state index contributed by atoms with van der Waals surface area (Å²) in [6.45, 7) is 8.44. The van der Waals surface area contributed by atoms with Crippen molar-refractivity contribution in [2.45, 2.75) is 26.8 Å². The van der Waals surface area contributed by atoms with Gasteiger partial charge < -0.3 is 15.3 Å². The van der Waals surface area contributed by atoms with Crippen LogP contribution in [-0.4, -0.2) is 56.8 Å². The Kier molecular flexibility index (Phi) is 4.77. The number of aromatic hydroxyl groups is 1. The van der Waals surface area contributed by atoms with Gasteiger partial charge in [-0.25, -0.2) is 4.98 Å². The highest BCUT2D eigenvalue weighted by Crippen LogP contribution is 2.29. The van der Waals surface area contributed by atoms with Gasteiger partial charge in [0.1, 0.15) is 5.75 Å². The van der Waals surface area contributed by atoms with Crippen molar-refractivity contribution >= 4 is 16.9 Å². The number of nitrogens with zero attached hydrogens (tertiary/aromatic N) is 3. The molecular formula is C21H25N5O2. The molecule has 1 aliphatic heterocycles. The first-order chi connectivity index (χ1) is 13.5. The molecule has 0 spiro atoms. The second-order valence-electron chi connectivity index (χ2n) is 7.65. The van der Waals surface area contributed by atoms with E-state index in [1.807, 2.05) is 17.9 Å². The number of hydrogen-bond acceptors (Lipinski definition) is 5. The molecule has 2 aromatic heterocycles. The zero-order valence-electron chi connectivity index (χ0n) is 16.4. The molecule has 0 saturated carbocycles. The van der Waals surface area contributed by atoms with E-state index >= 15 is 0 Å². The molecule has 1 aliphatic rings. The van der Waals surface area contributed by atoms with Gasteiger partial charge in [-0.2, -0.15) is 5.10 Å². The number of phenolic OH excluding ortho intramolecular Hbond substituents is 1. The maximum Gasteiger partial charge on any atom is 0.255 e. The number of piperazine rings is 1. The Bertz CT molecular complexity index is 1010. The van der Waals surface area contributed by atoms with Crippen LogP contribution < -0.4 is 5.32 Å². The average molecular weight is 379 g/mol. The Morgan fingerprint density at radius 3 is 2.75 bits per heavy atom. The van der Waals surface area contributed by atoms with Crippen LogP contribution in [0.2, 0.25) is 0 Å². The minimum Gasteiger partial charge on any atom is -0.508 e. The maximum atomic E-state index is 13.6. The van der Waals surface area contributed by atoms with Crippen LogP contribution in [0.3, 0.4) is 0 Å². The maximum absolute atomic E-state index is 13.6. The molecule has 3 heterocycles. The Labute approximate surface area is 163 Å². The first kappa shape index (κ1) is 18.4. The van der Waals surface area contributed by atoms with Gasteiger partial charge in [0.2, 0.25) is 0 Å². The number of amides is 1. The van der Waals surface area contributed by atoms with E-state index in [0.717, 1.165) is 29.7 Å². The summed E-state index contributed by atoms with van der Waals surface area (Å²) in [7, 11) is 0.